The van der Waals surface area contributed by atoms with Gasteiger partial charge < -0.3 is 4.74 Å². The van der Waals surface area contributed by atoms with Crippen molar-refractivity contribution in [3.63, 3.8) is 0 Å². The second-order valence-electron chi connectivity index (χ2n) is 8.19. The van der Waals surface area contributed by atoms with Gasteiger partial charge in [-0.1, -0.05) is 53.6 Å². The van der Waals surface area contributed by atoms with Gasteiger partial charge in [0, 0.05) is 10.6 Å². The predicted molar refractivity (Wildman–Crippen MR) is 114 cm³/mol. The summed E-state index contributed by atoms with van der Waals surface area (Å²) < 4.78 is 5.96. The topological polar surface area (TPSA) is 59.0 Å². The van der Waals surface area contributed by atoms with E-state index in [1.54, 1.807) is 18.2 Å². The van der Waals surface area contributed by atoms with Crippen molar-refractivity contribution in [2.24, 2.45) is 28.8 Å². The Hall–Kier alpha value is -2.92. The Morgan fingerprint density at radius 3 is 2.40 bits per heavy atom. The summed E-state index contributed by atoms with van der Waals surface area (Å²) in [4.78, 5) is 25.6. The van der Waals surface area contributed by atoms with Crippen LogP contribution in [0.4, 0.5) is 0 Å². The van der Waals surface area contributed by atoms with E-state index in [1.165, 1.54) is 11.8 Å². The number of allylic oxidation sites excluding steroid dienone is 2. The molecule has 152 valence electrons. The molecule has 0 unspecified atom stereocenters. The minimum atomic E-state index is -0.263. The number of amides is 2. The molecular formula is C24H21ClN2O3. The van der Waals surface area contributed by atoms with Crippen LogP contribution in [0.5, 0.6) is 5.75 Å². The van der Waals surface area contributed by atoms with Crippen LogP contribution in [-0.4, -0.2) is 23.0 Å². The van der Waals surface area contributed by atoms with Gasteiger partial charge in [0.05, 0.1) is 18.1 Å². The lowest BCUT2D eigenvalue weighted by Gasteiger charge is -2.13. The van der Waals surface area contributed by atoms with Crippen molar-refractivity contribution in [3.05, 3.63) is 76.3 Å². The number of imide groups is 1. The van der Waals surface area contributed by atoms with Crippen molar-refractivity contribution < 1.29 is 14.3 Å². The maximum atomic E-state index is 12.8. The summed E-state index contributed by atoms with van der Waals surface area (Å²) in [5.74, 6) is -0.0239. The number of hydrogen-bond donors (Lipinski definition) is 0. The van der Waals surface area contributed by atoms with E-state index in [0.717, 1.165) is 17.0 Å². The fourth-order valence-corrected chi connectivity index (χ4v) is 4.90. The van der Waals surface area contributed by atoms with Gasteiger partial charge in [0.15, 0.2) is 0 Å². The lowest BCUT2D eigenvalue weighted by Crippen LogP contribution is -2.28. The molecule has 1 heterocycles. The molecule has 2 amide bonds. The highest BCUT2D eigenvalue weighted by Gasteiger charge is 2.59. The van der Waals surface area contributed by atoms with Gasteiger partial charge in [0.2, 0.25) is 0 Å². The molecule has 1 saturated carbocycles. The molecule has 2 fully saturated rings. The summed E-state index contributed by atoms with van der Waals surface area (Å²) in [6.45, 7) is 2.43. The molecule has 1 aliphatic heterocycles. The minimum Gasteiger partial charge on any atom is -0.488 e. The number of hydrazone groups is 1. The average Bonchev–Trinajstić information content (AvgIpc) is 3.41. The Bertz CT molecular complexity index is 1050. The Morgan fingerprint density at radius 2 is 1.73 bits per heavy atom. The van der Waals surface area contributed by atoms with E-state index in [2.05, 4.69) is 17.3 Å². The number of carbonyl (C=O) groups excluding carboxylic acids is 2. The summed E-state index contributed by atoms with van der Waals surface area (Å²) >= 11 is 6.16. The van der Waals surface area contributed by atoms with Gasteiger partial charge >= 0.3 is 0 Å². The molecule has 4 atom stereocenters. The molecule has 0 radical (unpaired) electrons. The fraction of sp³-hybridized carbons (Fsp3) is 0.292. The van der Waals surface area contributed by atoms with Gasteiger partial charge in [-0.2, -0.15) is 10.1 Å². The lowest BCUT2D eigenvalue weighted by molar-refractivity contribution is -0.140. The van der Waals surface area contributed by atoms with E-state index in [9.17, 15) is 9.59 Å². The molecule has 5 nitrogen and oxygen atoms in total. The second-order valence-corrected chi connectivity index (χ2v) is 8.63. The Morgan fingerprint density at radius 1 is 1.07 bits per heavy atom. The van der Waals surface area contributed by atoms with Crippen LogP contribution in [0.2, 0.25) is 5.02 Å². The fourth-order valence-electron chi connectivity index (χ4n) is 4.72. The Kier molecular flexibility index (Phi) is 4.70. The van der Waals surface area contributed by atoms with Gasteiger partial charge in [-0.05, 0) is 48.9 Å². The molecule has 2 bridgehead atoms. The van der Waals surface area contributed by atoms with Gasteiger partial charge in [0.25, 0.3) is 11.8 Å². The van der Waals surface area contributed by atoms with Crippen molar-refractivity contribution in [3.8, 4) is 5.75 Å². The molecular weight excluding hydrogens is 400 g/mol. The monoisotopic (exact) mass is 420 g/mol. The number of nitrogens with zero attached hydrogens (tertiary/aromatic N) is 2. The largest absolute Gasteiger partial charge is 0.488 e. The molecule has 2 aromatic rings. The number of carbonyl (C=O) groups is 2. The quantitative estimate of drug-likeness (QED) is 0.410. The van der Waals surface area contributed by atoms with Crippen LogP contribution in [0.3, 0.4) is 0 Å². The highest BCUT2D eigenvalue weighted by Crippen LogP contribution is 2.52. The molecule has 3 aliphatic rings. The van der Waals surface area contributed by atoms with Crippen molar-refractivity contribution in [2.75, 3.05) is 0 Å². The number of rotatable bonds is 5. The van der Waals surface area contributed by atoms with Crippen molar-refractivity contribution in [1.29, 1.82) is 0 Å². The molecule has 1 saturated heterocycles. The van der Waals surface area contributed by atoms with Crippen molar-refractivity contribution in [2.45, 2.75) is 20.0 Å². The molecule has 6 heteroatoms. The summed E-state index contributed by atoms with van der Waals surface area (Å²) in [5.41, 5.74) is 2.85. The molecule has 0 spiro atoms. The first-order valence-electron chi connectivity index (χ1n) is 10.1. The smallest absolute Gasteiger partial charge is 0.254 e. The first-order valence-corrected chi connectivity index (χ1v) is 10.5. The van der Waals surface area contributed by atoms with E-state index in [4.69, 9.17) is 16.3 Å². The van der Waals surface area contributed by atoms with Gasteiger partial charge in [-0.15, -0.1) is 0 Å². The first kappa shape index (κ1) is 19.1. The van der Waals surface area contributed by atoms with E-state index >= 15 is 0 Å². The highest BCUT2D eigenvalue weighted by atomic mass is 35.5. The summed E-state index contributed by atoms with van der Waals surface area (Å²) in [7, 11) is 0. The van der Waals surface area contributed by atoms with E-state index in [1.807, 2.05) is 31.2 Å². The zero-order valence-electron chi connectivity index (χ0n) is 16.5. The van der Waals surface area contributed by atoms with Gasteiger partial charge in [-0.3, -0.25) is 9.59 Å². The summed E-state index contributed by atoms with van der Waals surface area (Å²) in [6, 6.07) is 13.3. The molecule has 2 aromatic carbocycles. The number of hydrogen-bond acceptors (Lipinski definition) is 4. The maximum Gasteiger partial charge on any atom is 0.254 e. The predicted octanol–water partition coefficient (Wildman–Crippen LogP) is 4.37. The number of ether oxygens (including phenoxy) is 1. The summed E-state index contributed by atoms with van der Waals surface area (Å²) in [5, 5.41) is 5.81. The number of benzene rings is 2. The molecule has 5 rings (SSSR count). The third-order valence-electron chi connectivity index (χ3n) is 6.25. The Labute approximate surface area is 180 Å². The van der Waals surface area contributed by atoms with E-state index < -0.39 is 0 Å². The summed E-state index contributed by atoms with van der Waals surface area (Å²) in [6.07, 6.45) is 6.52. The van der Waals surface area contributed by atoms with Crippen molar-refractivity contribution >= 4 is 29.6 Å². The lowest BCUT2D eigenvalue weighted by atomic mass is 9.85. The number of halogens is 1. The number of fused-ring (bicyclic) bond motifs is 5. The van der Waals surface area contributed by atoms with Crippen molar-refractivity contribution in [1.82, 2.24) is 5.01 Å². The minimum absolute atomic E-state index is 0.163. The zero-order valence-corrected chi connectivity index (χ0v) is 17.3. The van der Waals surface area contributed by atoms with Crippen LogP contribution in [0.15, 0.2) is 59.7 Å². The maximum absolute atomic E-state index is 12.8. The highest BCUT2D eigenvalue weighted by molar-refractivity contribution is 6.31. The molecule has 2 aliphatic carbocycles. The van der Waals surface area contributed by atoms with Gasteiger partial charge in [0.1, 0.15) is 12.4 Å². The normalized spacial score (nSPS) is 26.8. The zero-order chi connectivity index (χ0) is 20.8. The third kappa shape index (κ3) is 3.23. The average molecular weight is 421 g/mol. The van der Waals surface area contributed by atoms with Crippen LogP contribution >= 0.6 is 11.6 Å². The van der Waals surface area contributed by atoms with Crippen LogP contribution in [0.1, 0.15) is 23.1 Å². The second kappa shape index (κ2) is 7.40. The van der Waals surface area contributed by atoms with Gasteiger partial charge in [-0.25, -0.2) is 0 Å². The third-order valence-corrected chi connectivity index (χ3v) is 6.48. The standard InChI is InChI=1S/C24H21ClN2O3/c1-14-2-4-15(5-3-14)13-30-20-9-8-19(25)11-18(20)12-26-27-23(28)21-16-6-7-17(10-16)22(21)24(27)29/h2-9,11-12,16-17,21-22H,10,13H2,1H3/t16-,17-,21-,22+/m0/s1. The SMILES string of the molecule is Cc1ccc(COc2ccc(Cl)cc2C=NN2C(=O)[C@@H]3[C@H](C2=O)[C@H]2C=C[C@H]3C2)cc1. The Balaban J connectivity index is 1.35. The molecule has 0 aromatic heterocycles. The molecule has 30 heavy (non-hydrogen) atoms. The molecule has 0 N–H and O–H groups in total. The van der Waals surface area contributed by atoms with Crippen LogP contribution in [-0.2, 0) is 16.2 Å². The van der Waals surface area contributed by atoms with E-state index in [0.29, 0.717) is 22.9 Å². The van der Waals surface area contributed by atoms with Crippen LogP contribution < -0.4 is 4.74 Å². The van der Waals surface area contributed by atoms with Crippen LogP contribution in [0, 0.1) is 30.6 Å². The first-order chi connectivity index (χ1) is 14.5. The van der Waals surface area contributed by atoms with E-state index in [-0.39, 0.29) is 35.5 Å². The number of aryl methyl sites for hydroxylation is 1. The van der Waals surface area contributed by atoms with Crippen LogP contribution in [0.25, 0.3) is 0 Å².